The van der Waals surface area contributed by atoms with Gasteiger partial charge < -0.3 is 14.5 Å². The van der Waals surface area contributed by atoms with E-state index in [2.05, 4.69) is 24.0 Å². The van der Waals surface area contributed by atoms with Gasteiger partial charge in [0.25, 0.3) is 0 Å². The van der Waals surface area contributed by atoms with Crippen molar-refractivity contribution in [2.24, 2.45) is 0 Å². The maximum absolute atomic E-state index is 12.7. The summed E-state index contributed by atoms with van der Waals surface area (Å²) >= 11 is 6.08. The van der Waals surface area contributed by atoms with Crippen molar-refractivity contribution in [3.63, 3.8) is 0 Å². The lowest BCUT2D eigenvalue weighted by Gasteiger charge is -2.36. The van der Waals surface area contributed by atoms with Gasteiger partial charge in [-0.2, -0.15) is 0 Å². The number of carbonyl (C=O) groups excluding carboxylic acids is 1. The fraction of sp³-hybridized carbons (Fsp3) is 0.370. The van der Waals surface area contributed by atoms with Crippen molar-refractivity contribution < 1.29 is 9.53 Å². The lowest BCUT2D eigenvalue weighted by molar-refractivity contribution is -0.136. The summed E-state index contributed by atoms with van der Waals surface area (Å²) in [6.45, 7) is 7.39. The van der Waals surface area contributed by atoms with E-state index in [0.717, 1.165) is 59.4 Å². The van der Waals surface area contributed by atoms with Crippen LogP contribution in [0.2, 0.25) is 5.02 Å². The van der Waals surface area contributed by atoms with Gasteiger partial charge in [0.15, 0.2) is 0 Å². The molecule has 1 aliphatic heterocycles. The summed E-state index contributed by atoms with van der Waals surface area (Å²) in [5.41, 5.74) is 4.48. The molecule has 178 valence electrons. The van der Waals surface area contributed by atoms with Gasteiger partial charge in [0, 0.05) is 48.9 Å². The van der Waals surface area contributed by atoms with Crippen molar-refractivity contribution in [2.75, 3.05) is 37.7 Å². The lowest BCUT2D eigenvalue weighted by atomic mass is 10.0. The third-order valence-electron chi connectivity index (χ3n) is 6.08. The number of ether oxygens (including phenoxy) is 1. The Morgan fingerprint density at radius 3 is 2.35 bits per heavy atom. The Morgan fingerprint density at radius 1 is 0.971 bits per heavy atom. The van der Waals surface area contributed by atoms with Gasteiger partial charge in [-0.25, -0.2) is 9.97 Å². The maximum atomic E-state index is 12.7. The Labute approximate surface area is 206 Å². The molecule has 0 N–H and O–H groups in total. The third-order valence-corrected chi connectivity index (χ3v) is 6.33. The molecule has 2 aromatic carbocycles. The molecular formula is C27H31ClN4O2. The fourth-order valence-electron chi connectivity index (χ4n) is 4.27. The summed E-state index contributed by atoms with van der Waals surface area (Å²) in [5.74, 6) is 1.79. The van der Waals surface area contributed by atoms with Crippen LogP contribution in [0.1, 0.15) is 35.1 Å². The van der Waals surface area contributed by atoms with Gasteiger partial charge in [-0.05, 0) is 36.6 Å². The van der Waals surface area contributed by atoms with Gasteiger partial charge in [-0.15, -0.1) is 0 Å². The van der Waals surface area contributed by atoms with Crippen molar-refractivity contribution >= 4 is 23.3 Å². The molecule has 34 heavy (non-hydrogen) atoms. The first kappa shape index (κ1) is 24.2. The van der Waals surface area contributed by atoms with Crippen LogP contribution in [-0.2, 0) is 29.0 Å². The molecule has 3 aromatic rings. The predicted octanol–water partition coefficient (Wildman–Crippen LogP) is 4.46. The number of anilines is 1. The first-order valence-corrected chi connectivity index (χ1v) is 12.2. The number of amides is 1. The molecule has 1 amide bonds. The average molecular weight is 479 g/mol. The molecule has 1 aliphatic rings. The molecule has 0 atom stereocenters. The minimum atomic E-state index is 0.0325. The van der Waals surface area contributed by atoms with Gasteiger partial charge in [0.1, 0.15) is 18.2 Å². The Hall–Kier alpha value is -2.96. The largest absolute Gasteiger partial charge is 0.367 e. The highest BCUT2D eigenvalue weighted by molar-refractivity contribution is 6.30. The van der Waals surface area contributed by atoms with E-state index >= 15 is 0 Å². The number of piperazine rings is 1. The van der Waals surface area contributed by atoms with E-state index in [9.17, 15) is 4.79 Å². The highest BCUT2D eigenvalue weighted by Gasteiger charge is 2.25. The summed E-state index contributed by atoms with van der Waals surface area (Å²) in [4.78, 5) is 26.4. The summed E-state index contributed by atoms with van der Waals surface area (Å²) in [6.07, 6.45) is 1.60. The zero-order chi connectivity index (χ0) is 23.9. The standard InChI is InChI=1S/C27H31ClN4O2/c1-3-25-24(17-21-9-11-23(28)12-10-21)27(30-20(2)29-25)32-15-13-31(14-16-32)26(33)19-34-18-22-7-5-4-6-8-22/h4-12H,3,13-19H2,1-2H3. The van der Waals surface area contributed by atoms with Crippen LogP contribution in [0.3, 0.4) is 0 Å². The van der Waals surface area contributed by atoms with Crippen LogP contribution in [-0.4, -0.2) is 53.6 Å². The van der Waals surface area contributed by atoms with Crippen LogP contribution in [0.5, 0.6) is 0 Å². The normalized spacial score (nSPS) is 13.9. The molecule has 4 rings (SSSR count). The smallest absolute Gasteiger partial charge is 0.248 e. The van der Waals surface area contributed by atoms with Crippen molar-refractivity contribution in [3.05, 3.63) is 87.8 Å². The zero-order valence-corrected chi connectivity index (χ0v) is 20.6. The summed E-state index contributed by atoms with van der Waals surface area (Å²) in [7, 11) is 0. The zero-order valence-electron chi connectivity index (χ0n) is 19.8. The topological polar surface area (TPSA) is 58.6 Å². The molecule has 0 bridgehead atoms. The Bertz CT molecular complexity index is 1100. The number of hydrogen-bond donors (Lipinski definition) is 0. The molecule has 6 nitrogen and oxygen atoms in total. The molecule has 7 heteroatoms. The number of carbonyl (C=O) groups is 1. The molecule has 1 fully saturated rings. The third kappa shape index (κ3) is 6.13. The van der Waals surface area contributed by atoms with Gasteiger partial charge in [-0.3, -0.25) is 4.79 Å². The van der Waals surface area contributed by atoms with E-state index < -0.39 is 0 Å². The van der Waals surface area contributed by atoms with Gasteiger partial charge >= 0.3 is 0 Å². The van der Waals surface area contributed by atoms with Crippen LogP contribution in [0.25, 0.3) is 0 Å². The minimum Gasteiger partial charge on any atom is -0.367 e. The second-order valence-corrected chi connectivity index (χ2v) is 8.96. The summed E-state index contributed by atoms with van der Waals surface area (Å²) < 4.78 is 5.65. The average Bonchev–Trinajstić information content (AvgIpc) is 2.86. The predicted molar refractivity (Wildman–Crippen MR) is 135 cm³/mol. The first-order chi connectivity index (χ1) is 16.5. The maximum Gasteiger partial charge on any atom is 0.248 e. The fourth-order valence-corrected chi connectivity index (χ4v) is 4.39. The molecular weight excluding hydrogens is 448 g/mol. The van der Waals surface area contributed by atoms with E-state index in [4.69, 9.17) is 26.3 Å². The number of aromatic nitrogens is 2. The lowest BCUT2D eigenvalue weighted by Crippen LogP contribution is -2.50. The number of hydrogen-bond acceptors (Lipinski definition) is 5. The quantitative estimate of drug-likeness (QED) is 0.478. The Balaban J connectivity index is 1.40. The van der Waals surface area contributed by atoms with Crippen LogP contribution in [0.15, 0.2) is 54.6 Å². The van der Waals surface area contributed by atoms with Gasteiger partial charge in [0.05, 0.1) is 6.61 Å². The van der Waals surface area contributed by atoms with E-state index in [1.165, 1.54) is 5.56 Å². The molecule has 0 aliphatic carbocycles. The van der Waals surface area contributed by atoms with Crippen LogP contribution in [0.4, 0.5) is 5.82 Å². The first-order valence-electron chi connectivity index (χ1n) is 11.8. The van der Waals surface area contributed by atoms with E-state index in [1.807, 2.05) is 54.3 Å². The summed E-state index contributed by atoms with van der Waals surface area (Å²) in [5, 5.41) is 0.730. The van der Waals surface area contributed by atoms with E-state index in [-0.39, 0.29) is 12.5 Å². The molecule has 0 unspecified atom stereocenters. The Kier molecular flexibility index (Phi) is 8.14. The molecule has 2 heterocycles. The van der Waals surface area contributed by atoms with Crippen molar-refractivity contribution in [2.45, 2.75) is 33.3 Å². The molecule has 1 saturated heterocycles. The molecule has 0 radical (unpaired) electrons. The number of nitrogens with zero attached hydrogens (tertiary/aromatic N) is 4. The van der Waals surface area contributed by atoms with Crippen molar-refractivity contribution in [1.82, 2.24) is 14.9 Å². The van der Waals surface area contributed by atoms with Crippen molar-refractivity contribution in [1.29, 1.82) is 0 Å². The molecule has 0 saturated carbocycles. The molecule has 1 aromatic heterocycles. The number of halogens is 1. The van der Waals surface area contributed by atoms with Crippen LogP contribution < -0.4 is 4.90 Å². The number of rotatable bonds is 8. The Morgan fingerprint density at radius 2 is 1.68 bits per heavy atom. The van der Waals surface area contributed by atoms with Crippen molar-refractivity contribution in [3.8, 4) is 0 Å². The van der Waals surface area contributed by atoms with E-state index in [1.54, 1.807) is 0 Å². The minimum absolute atomic E-state index is 0.0325. The summed E-state index contributed by atoms with van der Waals surface area (Å²) in [6, 6.07) is 17.9. The van der Waals surface area contributed by atoms with Crippen LogP contribution >= 0.6 is 11.6 Å². The number of benzene rings is 2. The second-order valence-electron chi connectivity index (χ2n) is 8.52. The van der Waals surface area contributed by atoms with Gasteiger partial charge in [-0.1, -0.05) is 61.0 Å². The molecule has 0 spiro atoms. The highest BCUT2D eigenvalue weighted by Crippen LogP contribution is 2.26. The van der Waals surface area contributed by atoms with Crippen LogP contribution in [0, 0.1) is 6.92 Å². The SMILES string of the molecule is CCc1nc(C)nc(N2CCN(C(=O)COCc3ccccc3)CC2)c1Cc1ccc(Cl)cc1. The highest BCUT2D eigenvalue weighted by atomic mass is 35.5. The second kappa shape index (κ2) is 11.4. The number of aryl methyl sites for hydroxylation is 2. The van der Waals surface area contributed by atoms with Gasteiger partial charge in [0.2, 0.25) is 5.91 Å². The van der Waals surface area contributed by atoms with E-state index in [0.29, 0.717) is 19.7 Å². The monoisotopic (exact) mass is 478 g/mol.